The molecule has 2 heterocycles. The van der Waals surface area contributed by atoms with Crippen molar-refractivity contribution < 1.29 is 23.5 Å². The molecule has 4 rings (SSSR count). The van der Waals surface area contributed by atoms with Crippen LogP contribution in [0.1, 0.15) is 61.8 Å². The van der Waals surface area contributed by atoms with Crippen molar-refractivity contribution in [1.29, 1.82) is 0 Å². The van der Waals surface area contributed by atoms with Crippen molar-refractivity contribution in [3.8, 4) is 22.3 Å². The number of rotatable bonds is 8. The topological polar surface area (TPSA) is 80.2 Å². The fourth-order valence-corrected chi connectivity index (χ4v) is 4.72. The minimum Gasteiger partial charge on any atom is -0.481 e. The van der Waals surface area contributed by atoms with E-state index in [0.717, 1.165) is 27.8 Å². The van der Waals surface area contributed by atoms with Crippen LogP contribution in [0.25, 0.3) is 22.3 Å². The van der Waals surface area contributed by atoms with Gasteiger partial charge < -0.3 is 5.11 Å². The Labute approximate surface area is 237 Å². The molecule has 0 aliphatic heterocycles. The van der Waals surface area contributed by atoms with Crippen LogP contribution < -0.4 is 0 Å². The van der Waals surface area contributed by atoms with E-state index in [9.17, 15) is 18.4 Å². The van der Waals surface area contributed by atoms with Gasteiger partial charge in [-0.3, -0.25) is 19.6 Å². The Kier molecular flexibility index (Phi) is 10.6. The SMILES string of the molecule is CC(C)c1cc(F)cc(-c2cccnc2)c1CC(=O)Cl.CC(C)c1cc(F)cc(-c2cccnc2)c1CC(=O)O. The van der Waals surface area contributed by atoms with Crippen LogP contribution in [0.4, 0.5) is 8.78 Å². The third-order valence-corrected chi connectivity index (χ3v) is 6.46. The van der Waals surface area contributed by atoms with Crippen LogP contribution in [0, 0.1) is 11.6 Å². The highest BCUT2D eigenvalue weighted by molar-refractivity contribution is 6.63. The van der Waals surface area contributed by atoms with E-state index in [2.05, 4.69) is 9.97 Å². The van der Waals surface area contributed by atoms with Gasteiger partial charge in [0, 0.05) is 42.3 Å². The second kappa shape index (κ2) is 13.9. The van der Waals surface area contributed by atoms with Crippen LogP contribution in [0.2, 0.25) is 0 Å². The van der Waals surface area contributed by atoms with Gasteiger partial charge in [-0.15, -0.1) is 0 Å². The molecule has 0 aliphatic carbocycles. The van der Waals surface area contributed by atoms with Crippen molar-refractivity contribution in [3.63, 3.8) is 0 Å². The Balaban J connectivity index is 0.000000220. The lowest BCUT2D eigenvalue weighted by Gasteiger charge is -2.16. The van der Waals surface area contributed by atoms with Crippen LogP contribution in [-0.2, 0) is 22.4 Å². The number of carbonyl (C=O) groups is 2. The highest BCUT2D eigenvalue weighted by Gasteiger charge is 2.18. The first-order chi connectivity index (χ1) is 19.0. The largest absolute Gasteiger partial charge is 0.481 e. The number of carboxylic acids is 1. The molecule has 40 heavy (non-hydrogen) atoms. The van der Waals surface area contributed by atoms with Crippen molar-refractivity contribution in [2.24, 2.45) is 0 Å². The Morgan fingerprint density at radius 2 is 1.20 bits per heavy atom. The fourth-order valence-electron chi connectivity index (χ4n) is 4.59. The predicted molar refractivity (Wildman–Crippen MR) is 153 cm³/mol. The maximum Gasteiger partial charge on any atom is 0.307 e. The Morgan fingerprint density at radius 1 is 0.775 bits per heavy atom. The third-order valence-electron chi connectivity index (χ3n) is 6.33. The molecule has 208 valence electrons. The van der Waals surface area contributed by atoms with E-state index in [1.54, 1.807) is 43.0 Å². The van der Waals surface area contributed by atoms with Crippen molar-refractivity contribution in [3.05, 3.63) is 107 Å². The van der Waals surface area contributed by atoms with E-state index >= 15 is 0 Å². The maximum absolute atomic E-state index is 13.9. The first kappa shape index (κ1) is 30.6. The number of benzene rings is 2. The summed E-state index contributed by atoms with van der Waals surface area (Å²) in [6.45, 7) is 7.77. The van der Waals surface area contributed by atoms with E-state index in [-0.39, 0.29) is 36.3 Å². The Bertz CT molecular complexity index is 1360. The average Bonchev–Trinajstić information content (AvgIpc) is 2.90. The first-order valence-corrected chi connectivity index (χ1v) is 13.2. The molecule has 0 aliphatic rings. The van der Waals surface area contributed by atoms with Gasteiger partial charge in [-0.1, -0.05) is 39.8 Å². The number of carboxylic acid groups (broad SMARTS) is 1. The summed E-state index contributed by atoms with van der Waals surface area (Å²) in [5, 5.41) is 8.65. The molecule has 0 atom stereocenters. The van der Waals surface area contributed by atoms with Gasteiger partial charge in [0.2, 0.25) is 5.24 Å². The van der Waals surface area contributed by atoms with Crippen molar-refractivity contribution >= 4 is 22.8 Å². The molecule has 4 aromatic rings. The first-order valence-electron chi connectivity index (χ1n) is 12.8. The number of aliphatic carboxylic acids is 1. The summed E-state index contributed by atoms with van der Waals surface area (Å²) in [4.78, 5) is 30.5. The van der Waals surface area contributed by atoms with E-state index in [0.29, 0.717) is 16.7 Å². The van der Waals surface area contributed by atoms with Crippen LogP contribution in [0.15, 0.2) is 73.3 Å². The highest BCUT2D eigenvalue weighted by atomic mass is 35.5. The average molecular weight is 565 g/mol. The lowest BCUT2D eigenvalue weighted by atomic mass is 9.89. The maximum atomic E-state index is 13.9. The predicted octanol–water partition coefficient (Wildman–Crippen LogP) is 7.96. The molecule has 5 nitrogen and oxygen atoms in total. The van der Waals surface area contributed by atoms with Gasteiger partial charge in [-0.2, -0.15) is 0 Å². The number of pyridine rings is 2. The lowest BCUT2D eigenvalue weighted by molar-refractivity contribution is -0.136. The molecule has 0 fully saturated rings. The van der Waals surface area contributed by atoms with Gasteiger partial charge in [0.05, 0.1) is 6.42 Å². The number of hydrogen-bond donors (Lipinski definition) is 1. The molecule has 2 aromatic heterocycles. The van der Waals surface area contributed by atoms with E-state index < -0.39 is 11.2 Å². The van der Waals surface area contributed by atoms with E-state index in [1.165, 1.54) is 24.3 Å². The summed E-state index contributed by atoms with van der Waals surface area (Å²) < 4.78 is 27.7. The quantitative estimate of drug-likeness (QED) is 0.220. The van der Waals surface area contributed by atoms with Crippen molar-refractivity contribution in [2.45, 2.75) is 52.4 Å². The summed E-state index contributed by atoms with van der Waals surface area (Å²) in [5.41, 5.74) is 5.74. The minimum atomic E-state index is -0.927. The van der Waals surface area contributed by atoms with Gasteiger partial charge in [0.1, 0.15) is 11.6 Å². The zero-order valence-corrected chi connectivity index (χ0v) is 23.5. The fraction of sp³-hybridized carbons (Fsp3) is 0.250. The third kappa shape index (κ3) is 8.02. The zero-order chi connectivity index (χ0) is 29.4. The molecular formula is C32H31ClF2N2O3. The van der Waals surface area contributed by atoms with Gasteiger partial charge in [0.25, 0.3) is 0 Å². The second-order valence-electron chi connectivity index (χ2n) is 9.94. The molecule has 0 saturated carbocycles. The summed E-state index contributed by atoms with van der Waals surface area (Å²) in [5.74, 6) is -1.45. The summed E-state index contributed by atoms with van der Waals surface area (Å²) in [6, 6.07) is 12.9. The minimum absolute atomic E-state index is 0.0514. The summed E-state index contributed by atoms with van der Waals surface area (Å²) in [6.07, 6.45) is 6.50. The van der Waals surface area contributed by atoms with Crippen LogP contribution in [0.3, 0.4) is 0 Å². The normalized spacial score (nSPS) is 10.8. The van der Waals surface area contributed by atoms with E-state index in [4.69, 9.17) is 16.7 Å². The second-order valence-corrected chi connectivity index (χ2v) is 10.4. The highest BCUT2D eigenvalue weighted by Crippen LogP contribution is 2.33. The Morgan fingerprint density at radius 3 is 1.52 bits per heavy atom. The Hall–Kier alpha value is -3.97. The molecule has 0 spiro atoms. The number of aromatic nitrogens is 2. The molecule has 0 amide bonds. The monoisotopic (exact) mass is 564 g/mol. The molecule has 0 unspecified atom stereocenters. The molecule has 0 bridgehead atoms. The van der Waals surface area contributed by atoms with E-state index in [1.807, 2.05) is 33.8 Å². The summed E-state index contributed by atoms with van der Waals surface area (Å²) >= 11 is 5.54. The van der Waals surface area contributed by atoms with Gasteiger partial charge in [-0.25, -0.2) is 8.78 Å². The molecule has 8 heteroatoms. The molecular weight excluding hydrogens is 534 g/mol. The molecule has 0 saturated heterocycles. The standard InChI is InChI=1S/C16H15ClFNO.C16H16FNO2/c1-10(2)13-6-12(18)7-14(15(13)8-16(17)20)11-4-3-5-19-9-11;1-10(2)13-6-12(17)7-14(15(13)8-16(19)20)11-4-3-5-18-9-11/h3-7,9-10H,8H2,1-2H3;3-7,9-10H,8H2,1-2H3,(H,19,20). The number of halogens is 3. The van der Waals surface area contributed by atoms with Crippen LogP contribution in [-0.4, -0.2) is 26.3 Å². The lowest BCUT2D eigenvalue weighted by Crippen LogP contribution is -2.07. The smallest absolute Gasteiger partial charge is 0.307 e. The number of hydrogen-bond acceptors (Lipinski definition) is 4. The van der Waals surface area contributed by atoms with Gasteiger partial charge in [-0.05, 0) is 93.2 Å². The summed E-state index contributed by atoms with van der Waals surface area (Å²) in [7, 11) is 0. The number of nitrogens with zero attached hydrogens (tertiary/aromatic N) is 2. The van der Waals surface area contributed by atoms with Crippen LogP contribution >= 0.6 is 11.6 Å². The molecule has 2 aromatic carbocycles. The zero-order valence-electron chi connectivity index (χ0n) is 22.8. The van der Waals surface area contributed by atoms with Gasteiger partial charge >= 0.3 is 5.97 Å². The van der Waals surface area contributed by atoms with Crippen molar-refractivity contribution in [2.75, 3.05) is 0 Å². The number of carbonyl (C=O) groups excluding carboxylic acids is 1. The van der Waals surface area contributed by atoms with Crippen LogP contribution in [0.5, 0.6) is 0 Å². The molecule has 0 radical (unpaired) electrons. The van der Waals surface area contributed by atoms with Crippen molar-refractivity contribution in [1.82, 2.24) is 9.97 Å². The molecule has 1 N–H and O–H groups in total. The van der Waals surface area contributed by atoms with Gasteiger partial charge in [0.15, 0.2) is 0 Å².